The molecule has 1 aliphatic carbocycles. The van der Waals surface area contributed by atoms with Gasteiger partial charge in [0.2, 0.25) is 0 Å². The highest BCUT2D eigenvalue weighted by Gasteiger charge is 2.37. The Morgan fingerprint density at radius 2 is 1.20 bits per heavy atom. The Labute approximate surface area is 299 Å². The van der Waals surface area contributed by atoms with Gasteiger partial charge in [-0.25, -0.2) is 0 Å². The molecular weight excluding hydrogens is 619 g/mol. The molecule has 0 fully saturated rings. The van der Waals surface area contributed by atoms with E-state index in [1.165, 1.54) is 71.3 Å². The maximum atomic E-state index is 6.90. The topological polar surface area (TPSA) is 50.1 Å². The van der Waals surface area contributed by atoms with E-state index in [9.17, 15) is 0 Å². The third-order valence-electron chi connectivity index (χ3n) is 11.0. The van der Waals surface area contributed by atoms with Gasteiger partial charge >= 0.3 is 0 Å². The molecule has 0 saturated heterocycles. The van der Waals surface area contributed by atoms with Crippen LogP contribution in [0.5, 0.6) is 0 Å². The Bertz CT molecular complexity index is 2570. The smallest absolute Gasteiger partial charge is 0.0852 e. The molecule has 0 amide bonds. The van der Waals surface area contributed by atoms with Crippen LogP contribution in [0.2, 0.25) is 0 Å². The van der Waals surface area contributed by atoms with E-state index in [0.717, 1.165) is 11.1 Å². The molecular formula is C48H41N3. The third-order valence-corrected chi connectivity index (χ3v) is 11.0. The van der Waals surface area contributed by atoms with Gasteiger partial charge in [-0.15, -0.1) is 0 Å². The SMILES string of the molecule is CC1(C)c2ccccc2-c2cccc(-c3cccc(C(NCc4c5ccccc5cc5c4ccc4ccccc45)NC(N)c4ccccc4)c3)c21. The second-order valence-corrected chi connectivity index (χ2v) is 14.4. The fourth-order valence-electron chi connectivity index (χ4n) is 8.49. The van der Waals surface area contributed by atoms with Gasteiger partial charge in [0.15, 0.2) is 0 Å². The number of nitrogens with two attached hydrogens (primary N) is 1. The van der Waals surface area contributed by atoms with Crippen molar-refractivity contribution in [2.75, 3.05) is 0 Å². The Kier molecular flexibility index (Phi) is 7.78. The predicted octanol–water partition coefficient (Wildman–Crippen LogP) is 11.2. The van der Waals surface area contributed by atoms with Crippen LogP contribution in [-0.4, -0.2) is 0 Å². The first-order chi connectivity index (χ1) is 25.0. The monoisotopic (exact) mass is 659 g/mol. The highest BCUT2D eigenvalue weighted by molar-refractivity contribution is 6.14. The zero-order chi connectivity index (χ0) is 34.5. The number of fused-ring (bicyclic) bond motifs is 7. The van der Waals surface area contributed by atoms with Crippen LogP contribution in [-0.2, 0) is 12.0 Å². The van der Waals surface area contributed by atoms with Gasteiger partial charge in [-0.3, -0.25) is 10.6 Å². The van der Waals surface area contributed by atoms with Crippen molar-refractivity contribution in [3.05, 3.63) is 192 Å². The summed E-state index contributed by atoms with van der Waals surface area (Å²) in [6.45, 7) is 5.36. The maximum absolute atomic E-state index is 6.90. The van der Waals surface area contributed by atoms with Gasteiger partial charge in [-0.2, -0.15) is 0 Å². The van der Waals surface area contributed by atoms with Crippen molar-refractivity contribution < 1.29 is 0 Å². The maximum Gasteiger partial charge on any atom is 0.0852 e. The van der Waals surface area contributed by atoms with Crippen molar-refractivity contribution in [3.63, 3.8) is 0 Å². The quantitative estimate of drug-likeness (QED) is 0.0864. The number of hydrogen-bond acceptors (Lipinski definition) is 3. The molecule has 8 aromatic carbocycles. The summed E-state index contributed by atoms with van der Waals surface area (Å²) in [5.74, 6) is 0. The van der Waals surface area contributed by atoms with Gasteiger partial charge in [-0.05, 0) is 94.5 Å². The molecule has 0 radical (unpaired) electrons. The number of benzene rings is 8. The summed E-state index contributed by atoms with van der Waals surface area (Å²) in [5, 5.41) is 15.3. The Balaban J connectivity index is 1.14. The first-order valence-electron chi connectivity index (χ1n) is 17.9. The summed E-state index contributed by atoms with van der Waals surface area (Å²) < 4.78 is 0. The molecule has 8 aromatic rings. The highest BCUT2D eigenvalue weighted by atomic mass is 15.2. The van der Waals surface area contributed by atoms with Crippen molar-refractivity contribution in [2.24, 2.45) is 5.73 Å². The van der Waals surface area contributed by atoms with E-state index in [2.05, 4.69) is 170 Å². The van der Waals surface area contributed by atoms with Gasteiger partial charge in [0, 0.05) is 12.0 Å². The number of rotatable bonds is 8. The molecule has 0 saturated carbocycles. The van der Waals surface area contributed by atoms with Gasteiger partial charge < -0.3 is 5.73 Å². The lowest BCUT2D eigenvalue weighted by atomic mass is 9.78. The summed E-state index contributed by atoms with van der Waals surface area (Å²) in [5.41, 5.74) is 18.2. The first kappa shape index (κ1) is 31.4. The molecule has 248 valence electrons. The zero-order valence-corrected chi connectivity index (χ0v) is 29.0. The lowest BCUT2D eigenvalue weighted by Crippen LogP contribution is -2.39. The molecule has 3 nitrogen and oxygen atoms in total. The fraction of sp³-hybridized carbons (Fsp3) is 0.125. The van der Waals surface area contributed by atoms with Crippen LogP contribution in [0, 0.1) is 0 Å². The van der Waals surface area contributed by atoms with Gasteiger partial charge in [0.05, 0.1) is 12.3 Å². The van der Waals surface area contributed by atoms with Crippen LogP contribution >= 0.6 is 0 Å². The standard InChI is InChI=1S/C48H41N3/c1-48(2)44-25-11-10-22-40(44)41-24-13-23-38(45(41)48)33-18-12-19-35(28-33)47(51-46(49)32-15-4-3-5-16-32)50-30-43-37-21-9-7-17-34(37)29-42-36-20-8-6-14-31(36)26-27-39(42)43/h3-29,46-47,50-51H,30,49H2,1-2H3. The van der Waals surface area contributed by atoms with Crippen molar-refractivity contribution in [2.45, 2.75) is 38.1 Å². The number of hydrogen-bond donors (Lipinski definition) is 3. The molecule has 0 aliphatic heterocycles. The van der Waals surface area contributed by atoms with Crippen molar-refractivity contribution in [3.8, 4) is 22.3 Å². The molecule has 51 heavy (non-hydrogen) atoms. The third kappa shape index (κ3) is 5.42. The summed E-state index contributed by atoms with van der Waals surface area (Å²) >= 11 is 0. The van der Waals surface area contributed by atoms with E-state index in [1.54, 1.807) is 0 Å². The summed E-state index contributed by atoms with van der Waals surface area (Å²) in [6.07, 6.45) is -0.591. The molecule has 0 heterocycles. The van der Waals surface area contributed by atoms with Gasteiger partial charge in [-0.1, -0.05) is 166 Å². The molecule has 9 rings (SSSR count). The normalized spacial score (nSPS) is 14.4. The van der Waals surface area contributed by atoms with Crippen LogP contribution < -0.4 is 16.4 Å². The average molecular weight is 660 g/mol. The molecule has 1 aliphatic rings. The van der Waals surface area contributed by atoms with Crippen LogP contribution in [0.3, 0.4) is 0 Å². The van der Waals surface area contributed by atoms with Crippen molar-refractivity contribution >= 4 is 32.3 Å². The Morgan fingerprint density at radius 1 is 0.529 bits per heavy atom. The largest absolute Gasteiger partial charge is 0.312 e. The molecule has 2 atom stereocenters. The van der Waals surface area contributed by atoms with E-state index >= 15 is 0 Å². The summed E-state index contributed by atoms with van der Waals surface area (Å²) in [4.78, 5) is 0. The molecule has 0 spiro atoms. The minimum atomic E-state index is -0.366. The van der Waals surface area contributed by atoms with E-state index in [4.69, 9.17) is 5.73 Å². The van der Waals surface area contributed by atoms with Gasteiger partial charge in [0.25, 0.3) is 0 Å². The molecule has 4 N–H and O–H groups in total. The zero-order valence-electron chi connectivity index (χ0n) is 29.0. The summed E-state index contributed by atoms with van der Waals surface area (Å²) in [7, 11) is 0. The molecule has 0 aromatic heterocycles. The first-order valence-corrected chi connectivity index (χ1v) is 17.9. The minimum absolute atomic E-state index is 0.107. The van der Waals surface area contributed by atoms with E-state index in [1.807, 2.05) is 18.2 Å². The molecule has 3 heteroatoms. The molecule has 2 unspecified atom stereocenters. The lowest BCUT2D eigenvalue weighted by molar-refractivity contribution is 0.387. The van der Waals surface area contributed by atoms with Crippen LogP contribution in [0.4, 0.5) is 0 Å². The second kappa shape index (κ2) is 12.6. The Morgan fingerprint density at radius 3 is 2.06 bits per heavy atom. The van der Waals surface area contributed by atoms with Gasteiger partial charge in [0.1, 0.15) is 0 Å². The van der Waals surface area contributed by atoms with E-state index in [0.29, 0.717) is 6.54 Å². The highest BCUT2D eigenvalue weighted by Crippen LogP contribution is 2.52. The summed E-state index contributed by atoms with van der Waals surface area (Å²) in [6, 6.07) is 59.2. The Hall–Kier alpha value is -5.58. The van der Waals surface area contributed by atoms with E-state index < -0.39 is 0 Å². The average Bonchev–Trinajstić information content (AvgIpc) is 3.42. The minimum Gasteiger partial charge on any atom is -0.312 e. The predicted molar refractivity (Wildman–Crippen MR) is 214 cm³/mol. The van der Waals surface area contributed by atoms with Crippen LogP contribution in [0.1, 0.15) is 54.0 Å². The van der Waals surface area contributed by atoms with Crippen molar-refractivity contribution in [1.82, 2.24) is 10.6 Å². The lowest BCUT2D eigenvalue weighted by Gasteiger charge is -2.27. The van der Waals surface area contributed by atoms with E-state index in [-0.39, 0.29) is 17.7 Å². The number of nitrogens with one attached hydrogen (secondary N) is 2. The van der Waals surface area contributed by atoms with Crippen LogP contribution in [0.25, 0.3) is 54.6 Å². The van der Waals surface area contributed by atoms with Crippen molar-refractivity contribution in [1.29, 1.82) is 0 Å². The molecule has 0 bridgehead atoms. The second-order valence-electron chi connectivity index (χ2n) is 14.4. The van der Waals surface area contributed by atoms with Crippen LogP contribution in [0.15, 0.2) is 164 Å². The fourth-order valence-corrected chi connectivity index (χ4v) is 8.49.